The zero-order valence-electron chi connectivity index (χ0n) is 12.2. The van der Waals surface area contributed by atoms with Crippen molar-refractivity contribution < 1.29 is 0 Å². The van der Waals surface area contributed by atoms with Crippen molar-refractivity contribution in [2.45, 2.75) is 47.1 Å². The highest BCUT2D eigenvalue weighted by Crippen LogP contribution is 2.08. The average molecular weight is 250 g/mol. The summed E-state index contributed by atoms with van der Waals surface area (Å²) in [4.78, 5) is 11.5. The molecule has 0 saturated carbocycles. The molecular weight excluding hydrogens is 224 g/mol. The summed E-state index contributed by atoms with van der Waals surface area (Å²) in [5.41, 5.74) is 1.03. The van der Waals surface area contributed by atoms with E-state index in [1.165, 1.54) is 12.8 Å². The molecule has 4 nitrogen and oxygen atoms in total. The minimum absolute atomic E-state index is 0.849. The van der Waals surface area contributed by atoms with E-state index in [0.717, 1.165) is 43.5 Å². The second-order valence-corrected chi connectivity index (χ2v) is 4.62. The van der Waals surface area contributed by atoms with Crippen LogP contribution in [-0.2, 0) is 6.54 Å². The van der Waals surface area contributed by atoms with Crippen molar-refractivity contribution in [3.63, 3.8) is 0 Å². The lowest BCUT2D eigenvalue weighted by molar-refractivity contribution is 0.260. The molecule has 102 valence electrons. The smallest absolute Gasteiger partial charge is 0.144 e. The Morgan fingerprint density at radius 2 is 1.78 bits per heavy atom. The van der Waals surface area contributed by atoms with E-state index in [1.807, 2.05) is 13.0 Å². The number of aromatic nitrogens is 2. The summed E-state index contributed by atoms with van der Waals surface area (Å²) in [6.45, 7) is 12.5. The molecule has 4 heteroatoms. The molecule has 1 rings (SSSR count). The third-order valence-corrected chi connectivity index (χ3v) is 2.70. The summed E-state index contributed by atoms with van der Waals surface area (Å²) < 4.78 is 0. The standard InChI is InChI=1S/C14H26N4/c1-5-8-18(9-6-2)11-14-16-12(4)10-13(17-14)15-7-3/h10H,5-9,11H2,1-4H3,(H,15,16,17). The maximum Gasteiger partial charge on any atom is 0.144 e. The molecule has 1 aromatic rings. The van der Waals surface area contributed by atoms with Gasteiger partial charge in [-0.1, -0.05) is 13.8 Å². The Morgan fingerprint density at radius 3 is 2.33 bits per heavy atom. The first-order chi connectivity index (χ1) is 8.69. The number of aryl methyl sites for hydroxylation is 1. The Kier molecular flexibility index (Phi) is 6.65. The van der Waals surface area contributed by atoms with Crippen LogP contribution in [0.25, 0.3) is 0 Å². The minimum Gasteiger partial charge on any atom is -0.370 e. The normalized spacial score (nSPS) is 10.9. The molecule has 0 saturated heterocycles. The van der Waals surface area contributed by atoms with Gasteiger partial charge in [0.05, 0.1) is 6.54 Å². The van der Waals surface area contributed by atoms with Gasteiger partial charge in [0.15, 0.2) is 0 Å². The first-order valence-electron chi connectivity index (χ1n) is 7.00. The molecule has 0 aliphatic heterocycles. The molecule has 1 N–H and O–H groups in total. The van der Waals surface area contributed by atoms with E-state index in [9.17, 15) is 0 Å². The highest BCUT2D eigenvalue weighted by Gasteiger charge is 2.07. The second-order valence-electron chi connectivity index (χ2n) is 4.62. The third-order valence-electron chi connectivity index (χ3n) is 2.70. The highest BCUT2D eigenvalue weighted by molar-refractivity contribution is 5.35. The van der Waals surface area contributed by atoms with E-state index in [1.54, 1.807) is 0 Å². The van der Waals surface area contributed by atoms with Gasteiger partial charge in [0.2, 0.25) is 0 Å². The minimum atomic E-state index is 0.849. The quantitative estimate of drug-likeness (QED) is 0.770. The van der Waals surface area contributed by atoms with Crippen molar-refractivity contribution in [3.8, 4) is 0 Å². The number of hydrogen-bond acceptors (Lipinski definition) is 4. The zero-order chi connectivity index (χ0) is 13.4. The molecule has 0 aliphatic carbocycles. The first-order valence-corrected chi connectivity index (χ1v) is 7.00. The van der Waals surface area contributed by atoms with Crippen molar-refractivity contribution in [2.24, 2.45) is 0 Å². The number of hydrogen-bond donors (Lipinski definition) is 1. The zero-order valence-corrected chi connectivity index (χ0v) is 12.2. The van der Waals surface area contributed by atoms with Crippen LogP contribution in [0.15, 0.2) is 6.07 Å². The maximum absolute atomic E-state index is 4.56. The number of nitrogens with zero attached hydrogens (tertiary/aromatic N) is 3. The molecule has 0 amide bonds. The molecule has 18 heavy (non-hydrogen) atoms. The van der Waals surface area contributed by atoms with Crippen molar-refractivity contribution in [1.82, 2.24) is 14.9 Å². The Hall–Kier alpha value is -1.16. The second kappa shape index (κ2) is 8.03. The molecule has 0 radical (unpaired) electrons. The number of nitrogens with one attached hydrogen (secondary N) is 1. The molecular formula is C14H26N4. The van der Waals surface area contributed by atoms with Crippen LogP contribution in [0.2, 0.25) is 0 Å². The SMILES string of the molecule is CCCN(CCC)Cc1nc(C)cc(NCC)n1. The van der Waals surface area contributed by atoms with Crippen molar-refractivity contribution in [3.05, 3.63) is 17.6 Å². The highest BCUT2D eigenvalue weighted by atomic mass is 15.1. The van der Waals surface area contributed by atoms with Gasteiger partial charge in [-0.15, -0.1) is 0 Å². The van der Waals surface area contributed by atoms with E-state index < -0.39 is 0 Å². The average Bonchev–Trinajstić information content (AvgIpc) is 2.29. The van der Waals surface area contributed by atoms with Crippen LogP contribution in [0.4, 0.5) is 5.82 Å². The van der Waals surface area contributed by atoms with Gasteiger partial charge in [-0.3, -0.25) is 4.90 Å². The predicted octanol–water partition coefficient (Wildman–Crippen LogP) is 2.84. The van der Waals surface area contributed by atoms with Crippen LogP contribution >= 0.6 is 0 Å². The van der Waals surface area contributed by atoms with Gasteiger partial charge < -0.3 is 5.32 Å². The summed E-state index contributed by atoms with van der Waals surface area (Å²) in [6.07, 6.45) is 2.35. The van der Waals surface area contributed by atoms with E-state index in [-0.39, 0.29) is 0 Å². The van der Waals surface area contributed by atoms with Gasteiger partial charge in [-0.05, 0) is 39.8 Å². The van der Waals surface area contributed by atoms with Gasteiger partial charge in [-0.25, -0.2) is 9.97 Å². The van der Waals surface area contributed by atoms with Gasteiger partial charge in [0, 0.05) is 18.3 Å². The van der Waals surface area contributed by atoms with Crippen LogP contribution in [-0.4, -0.2) is 34.5 Å². The summed E-state index contributed by atoms with van der Waals surface area (Å²) in [5, 5.41) is 3.26. The number of rotatable bonds is 8. The molecule has 0 fully saturated rings. The maximum atomic E-state index is 4.56. The Bertz CT molecular complexity index is 346. The molecule has 0 unspecified atom stereocenters. The third kappa shape index (κ3) is 5.00. The lowest BCUT2D eigenvalue weighted by Gasteiger charge is -2.20. The molecule has 0 spiro atoms. The summed E-state index contributed by atoms with van der Waals surface area (Å²) in [5.74, 6) is 1.86. The van der Waals surface area contributed by atoms with Crippen LogP contribution in [0.1, 0.15) is 45.1 Å². The fraction of sp³-hybridized carbons (Fsp3) is 0.714. The fourth-order valence-corrected chi connectivity index (χ4v) is 2.07. The Labute approximate surface area is 111 Å². The molecule has 1 heterocycles. The van der Waals surface area contributed by atoms with Crippen molar-refractivity contribution >= 4 is 5.82 Å². The number of anilines is 1. The van der Waals surface area contributed by atoms with E-state index >= 15 is 0 Å². The molecule has 1 aromatic heterocycles. The largest absolute Gasteiger partial charge is 0.370 e. The monoisotopic (exact) mass is 250 g/mol. The van der Waals surface area contributed by atoms with Gasteiger partial charge in [0.1, 0.15) is 11.6 Å². The first kappa shape index (κ1) is 14.9. The van der Waals surface area contributed by atoms with Crippen LogP contribution in [0.3, 0.4) is 0 Å². The lowest BCUT2D eigenvalue weighted by Crippen LogP contribution is -2.26. The summed E-state index contributed by atoms with van der Waals surface area (Å²) in [6, 6.07) is 2.00. The van der Waals surface area contributed by atoms with Crippen molar-refractivity contribution in [2.75, 3.05) is 25.0 Å². The van der Waals surface area contributed by atoms with E-state index in [2.05, 4.69) is 41.0 Å². The van der Waals surface area contributed by atoms with Crippen LogP contribution in [0, 0.1) is 6.92 Å². The summed E-state index contributed by atoms with van der Waals surface area (Å²) >= 11 is 0. The summed E-state index contributed by atoms with van der Waals surface area (Å²) in [7, 11) is 0. The fourth-order valence-electron chi connectivity index (χ4n) is 2.07. The Morgan fingerprint density at radius 1 is 1.11 bits per heavy atom. The van der Waals surface area contributed by atoms with Gasteiger partial charge in [0.25, 0.3) is 0 Å². The van der Waals surface area contributed by atoms with Crippen LogP contribution < -0.4 is 5.32 Å². The Balaban J connectivity index is 2.74. The molecule has 0 aliphatic rings. The van der Waals surface area contributed by atoms with Gasteiger partial charge in [-0.2, -0.15) is 0 Å². The topological polar surface area (TPSA) is 41.1 Å². The molecule has 0 bridgehead atoms. The molecule has 0 aromatic carbocycles. The van der Waals surface area contributed by atoms with Crippen molar-refractivity contribution in [1.29, 1.82) is 0 Å². The lowest BCUT2D eigenvalue weighted by atomic mass is 10.3. The predicted molar refractivity (Wildman–Crippen MR) is 76.8 cm³/mol. The van der Waals surface area contributed by atoms with E-state index in [4.69, 9.17) is 0 Å². The van der Waals surface area contributed by atoms with Crippen LogP contribution in [0.5, 0.6) is 0 Å². The van der Waals surface area contributed by atoms with E-state index in [0.29, 0.717) is 0 Å². The molecule has 0 atom stereocenters. The van der Waals surface area contributed by atoms with Gasteiger partial charge >= 0.3 is 0 Å².